The van der Waals surface area contributed by atoms with Gasteiger partial charge in [0.1, 0.15) is 11.5 Å². The molecule has 0 unspecified atom stereocenters. The summed E-state index contributed by atoms with van der Waals surface area (Å²) in [7, 11) is 0. The van der Waals surface area contributed by atoms with Gasteiger partial charge in [-0.3, -0.25) is 9.59 Å². The maximum absolute atomic E-state index is 10.6. The standard InChI is InChI=1S/C18H14N2O.C8H8N2O2/c19-11-5-7-12(8-6-11)21-16-10-9-15-13-3-1-2-4-14(13)17(16)18(15)20;9-7(11)5-1-2-6(4-3-5)8(10)12/h1-10H,19-20H2;1-4H,(H2,9,11)(H2,10,12). The smallest absolute Gasteiger partial charge is 0.248 e. The van der Waals surface area contributed by atoms with Gasteiger partial charge in [0, 0.05) is 27.9 Å². The van der Waals surface area contributed by atoms with Crippen LogP contribution < -0.4 is 27.7 Å². The van der Waals surface area contributed by atoms with Crippen molar-refractivity contribution in [3.05, 3.63) is 96.1 Å². The van der Waals surface area contributed by atoms with Gasteiger partial charge in [-0.15, -0.1) is 0 Å². The molecule has 33 heavy (non-hydrogen) atoms. The van der Waals surface area contributed by atoms with Crippen LogP contribution in [0.25, 0.3) is 22.3 Å². The zero-order valence-corrected chi connectivity index (χ0v) is 17.6. The summed E-state index contributed by atoms with van der Waals surface area (Å²) in [5.41, 5.74) is 28.5. The molecule has 1 aliphatic rings. The van der Waals surface area contributed by atoms with E-state index in [4.69, 9.17) is 27.7 Å². The highest BCUT2D eigenvalue weighted by atomic mass is 16.5. The van der Waals surface area contributed by atoms with Crippen molar-refractivity contribution in [2.45, 2.75) is 0 Å². The molecule has 4 aromatic rings. The van der Waals surface area contributed by atoms with Gasteiger partial charge in [-0.1, -0.05) is 24.3 Å². The summed E-state index contributed by atoms with van der Waals surface area (Å²) < 4.78 is 5.99. The van der Waals surface area contributed by atoms with Crippen molar-refractivity contribution >= 4 is 23.2 Å². The first-order chi connectivity index (χ1) is 15.8. The van der Waals surface area contributed by atoms with E-state index in [1.165, 1.54) is 24.3 Å². The first-order valence-electron chi connectivity index (χ1n) is 10.1. The van der Waals surface area contributed by atoms with Gasteiger partial charge in [-0.2, -0.15) is 0 Å². The number of amides is 2. The number of carbonyl (C=O) groups is 2. The molecule has 0 atom stereocenters. The predicted molar refractivity (Wildman–Crippen MR) is 130 cm³/mol. The summed E-state index contributed by atoms with van der Waals surface area (Å²) in [6.45, 7) is 0. The molecule has 0 fully saturated rings. The number of nitrogen functional groups attached to an aromatic ring is 2. The molecule has 2 bridgehead atoms. The van der Waals surface area contributed by atoms with E-state index in [2.05, 4.69) is 12.1 Å². The minimum Gasteiger partial charge on any atom is -0.457 e. The van der Waals surface area contributed by atoms with Crippen LogP contribution in [0.5, 0.6) is 11.5 Å². The predicted octanol–water partition coefficient (Wildman–Crippen LogP) is 4.18. The quantitative estimate of drug-likeness (QED) is 0.311. The normalized spacial score (nSPS) is 10.5. The largest absolute Gasteiger partial charge is 0.457 e. The molecule has 1 aliphatic carbocycles. The Morgan fingerprint density at radius 2 is 1.15 bits per heavy atom. The van der Waals surface area contributed by atoms with Crippen LogP contribution in [0, 0.1) is 0 Å². The second-order valence-electron chi connectivity index (χ2n) is 7.42. The Morgan fingerprint density at radius 3 is 1.70 bits per heavy atom. The van der Waals surface area contributed by atoms with Crippen molar-refractivity contribution in [1.82, 2.24) is 0 Å². The first kappa shape index (κ1) is 21.5. The third-order valence-electron chi connectivity index (χ3n) is 5.26. The summed E-state index contributed by atoms with van der Waals surface area (Å²) >= 11 is 0. The van der Waals surface area contributed by atoms with Gasteiger partial charge >= 0.3 is 0 Å². The van der Waals surface area contributed by atoms with Gasteiger partial charge in [0.05, 0.1) is 5.69 Å². The van der Waals surface area contributed by atoms with Crippen molar-refractivity contribution in [3.8, 4) is 33.8 Å². The van der Waals surface area contributed by atoms with Crippen LogP contribution in [-0.2, 0) is 0 Å². The van der Waals surface area contributed by atoms with Crippen molar-refractivity contribution < 1.29 is 14.3 Å². The summed E-state index contributed by atoms with van der Waals surface area (Å²) in [6, 6.07) is 25.4. The average Bonchev–Trinajstić information content (AvgIpc) is 2.98. The number of benzene rings is 4. The Morgan fingerprint density at radius 1 is 0.606 bits per heavy atom. The Labute approximate surface area is 190 Å². The van der Waals surface area contributed by atoms with Gasteiger partial charge in [-0.25, -0.2) is 0 Å². The topological polar surface area (TPSA) is 147 Å². The molecule has 0 aliphatic heterocycles. The number of fused-ring (bicyclic) bond motifs is 5. The van der Waals surface area contributed by atoms with Crippen LogP contribution in [-0.4, -0.2) is 11.8 Å². The fourth-order valence-electron chi connectivity index (χ4n) is 3.59. The summed E-state index contributed by atoms with van der Waals surface area (Å²) in [6.07, 6.45) is 0. The minimum absolute atomic E-state index is 0.361. The summed E-state index contributed by atoms with van der Waals surface area (Å²) in [5.74, 6) is 0.472. The van der Waals surface area contributed by atoms with Crippen LogP contribution in [0.15, 0.2) is 84.9 Å². The molecule has 7 heteroatoms. The lowest BCUT2D eigenvalue weighted by atomic mass is 10.1. The van der Waals surface area contributed by atoms with E-state index in [1.54, 1.807) is 0 Å². The van der Waals surface area contributed by atoms with Gasteiger partial charge in [-0.05, 0) is 71.8 Å². The number of ether oxygens (including phenoxy) is 1. The third kappa shape index (κ3) is 4.33. The second kappa shape index (κ2) is 8.76. The maximum Gasteiger partial charge on any atom is 0.248 e. The van der Waals surface area contributed by atoms with E-state index in [0.29, 0.717) is 16.8 Å². The van der Waals surface area contributed by atoms with Crippen molar-refractivity contribution in [2.75, 3.05) is 11.5 Å². The lowest BCUT2D eigenvalue weighted by Crippen LogP contribution is -2.13. The number of nitrogens with two attached hydrogens (primary N) is 4. The number of hydrogen-bond donors (Lipinski definition) is 4. The molecule has 4 aromatic carbocycles. The molecule has 2 amide bonds. The highest BCUT2D eigenvalue weighted by Crippen LogP contribution is 2.51. The van der Waals surface area contributed by atoms with Gasteiger partial charge < -0.3 is 27.7 Å². The Hall–Kier alpha value is -4.78. The zero-order valence-electron chi connectivity index (χ0n) is 17.6. The van der Waals surface area contributed by atoms with Crippen molar-refractivity contribution in [3.63, 3.8) is 0 Å². The maximum atomic E-state index is 10.6. The van der Waals surface area contributed by atoms with Gasteiger partial charge in [0.25, 0.3) is 0 Å². The molecule has 0 saturated heterocycles. The Kier molecular flexibility index (Phi) is 5.69. The minimum atomic E-state index is -0.522. The molecule has 0 radical (unpaired) electrons. The molecule has 0 spiro atoms. The third-order valence-corrected chi connectivity index (χ3v) is 5.26. The van der Waals surface area contributed by atoms with Gasteiger partial charge in [0.2, 0.25) is 11.8 Å². The summed E-state index contributed by atoms with van der Waals surface area (Å²) in [4.78, 5) is 21.2. The van der Waals surface area contributed by atoms with Crippen molar-refractivity contribution in [2.24, 2.45) is 11.5 Å². The monoisotopic (exact) mass is 438 g/mol. The van der Waals surface area contributed by atoms with E-state index >= 15 is 0 Å². The average molecular weight is 438 g/mol. The number of primary amides is 2. The number of rotatable bonds is 4. The van der Waals surface area contributed by atoms with Gasteiger partial charge in [0.15, 0.2) is 0 Å². The molecule has 7 nitrogen and oxygen atoms in total. The summed E-state index contributed by atoms with van der Waals surface area (Å²) in [5, 5.41) is 0. The number of hydrogen-bond acceptors (Lipinski definition) is 5. The van der Waals surface area contributed by atoms with Crippen LogP contribution in [0.1, 0.15) is 20.7 Å². The van der Waals surface area contributed by atoms with Crippen LogP contribution in [0.2, 0.25) is 0 Å². The zero-order chi connectivity index (χ0) is 23.5. The molecular weight excluding hydrogens is 416 g/mol. The van der Waals surface area contributed by atoms with Crippen molar-refractivity contribution in [1.29, 1.82) is 0 Å². The molecule has 5 rings (SSSR count). The van der Waals surface area contributed by atoms with E-state index in [0.717, 1.165) is 39.4 Å². The molecule has 164 valence electrons. The number of anilines is 2. The van der Waals surface area contributed by atoms with Crippen LogP contribution in [0.3, 0.4) is 0 Å². The molecule has 0 saturated carbocycles. The second-order valence-corrected chi connectivity index (χ2v) is 7.42. The molecule has 8 N–H and O–H groups in total. The molecule has 0 heterocycles. The van der Waals surface area contributed by atoms with Crippen LogP contribution >= 0.6 is 0 Å². The lowest BCUT2D eigenvalue weighted by Gasteiger charge is -2.10. The fourth-order valence-corrected chi connectivity index (χ4v) is 3.59. The molecular formula is C26H22N4O3. The van der Waals surface area contributed by atoms with E-state index in [-0.39, 0.29) is 0 Å². The fraction of sp³-hybridized carbons (Fsp3) is 0. The van der Waals surface area contributed by atoms with E-state index in [9.17, 15) is 9.59 Å². The Balaban J connectivity index is 0.000000185. The highest BCUT2D eigenvalue weighted by Gasteiger charge is 2.25. The Bertz CT molecular complexity index is 1310. The first-order valence-corrected chi connectivity index (χ1v) is 10.1. The van der Waals surface area contributed by atoms with Crippen LogP contribution in [0.4, 0.5) is 11.4 Å². The van der Waals surface area contributed by atoms with E-state index in [1.807, 2.05) is 48.5 Å². The number of carbonyl (C=O) groups excluding carboxylic acids is 2. The SMILES string of the molecule is NC(=O)c1ccc(C(N)=O)cc1.Nc1ccc(Oc2ccc3c(N)c2-c2ccccc2-3)cc1. The molecule has 0 aromatic heterocycles. The highest BCUT2D eigenvalue weighted by molar-refractivity contribution is 6.05. The lowest BCUT2D eigenvalue weighted by molar-refractivity contribution is 0.0988. The van der Waals surface area contributed by atoms with E-state index < -0.39 is 11.8 Å².